The topological polar surface area (TPSA) is 74.4 Å². The van der Waals surface area contributed by atoms with Gasteiger partial charge >= 0.3 is 5.97 Å². The van der Waals surface area contributed by atoms with E-state index in [4.69, 9.17) is 10.5 Å². The van der Waals surface area contributed by atoms with Gasteiger partial charge < -0.3 is 15.2 Å². The average molecular weight is 226 g/mol. The Morgan fingerprint density at radius 2 is 2.25 bits per heavy atom. The molecule has 5 nitrogen and oxygen atoms in total. The Kier molecular flexibility index (Phi) is 8.91. The number of aromatic nitrogens is 1. The van der Waals surface area contributed by atoms with Crippen LogP contribution in [-0.2, 0) is 9.53 Å². The molecule has 0 unspecified atom stereocenters. The number of hydrogen-bond donors (Lipinski definition) is 1. The fourth-order valence-electron chi connectivity index (χ4n) is 0.819. The molecule has 1 aromatic heterocycles. The summed E-state index contributed by atoms with van der Waals surface area (Å²) in [6, 6.07) is 5.54. The molecule has 0 atom stereocenters. The molecule has 1 rings (SSSR count). The highest BCUT2D eigenvalue weighted by Crippen LogP contribution is 1.99. The van der Waals surface area contributed by atoms with Gasteiger partial charge in [-0.3, -0.25) is 4.79 Å². The predicted octanol–water partition coefficient (Wildman–Crippen LogP) is 0.988. The van der Waals surface area contributed by atoms with Crippen molar-refractivity contribution < 1.29 is 14.3 Å². The van der Waals surface area contributed by atoms with Gasteiger partial charge in [-0.2, -0.15) is 0 Å². The summed E-state index contributed by atoms with van der Waals surface area (Å²) in [6.07, 6.45) is 2.02. The summed E-state index contributed by atoms with van der Waals surface area (Å²) < 4.78 is 9.37. The van der Waals surface area contributed by atoms with E-state index in [1.807, 2.05) is 12.1 Å². The Morgan fingerprint density at radius 1 is 1.50 bits per heavy atom. The van der Waals surface area contributed by atoms with E-state index >= 15 is 0 Å². The zero-order valence-corrected chi connectivity index (χ0v) is 9.68. The van der Waals surface area contributed by atoms with Crippen molar-refractivity contribution >= 4 is 5.97 Å². The van der Waals surface area contributed by atoms with E-state index in [1.165, 1.54) is 0 Å². The van der Waals surface area contributed by atoms with Crippen LogP contribution in [-0.4, -0.2) is 31.2 Å². The van der Waals surface area contributed by atoms with Gasteiger partial charge in [-0.25, -0.2) is 4.98 Å². The number of nitrogens with zero attached hydrogens (tertiary/aromatic N) is 1. The lowest BCUT2D eigenvalue weighted by atomic mass is 10.4. The number of pyridine rings is 1. The fourth-order valence-corrected chi connectivity index (χ4v) is 0.819. The summed E-state index contributed by atoms with van der Waals surface area (Å²) in [5, 5.41) is 0. The number of carbonyl (C=O) groups is 1. The first-order valence-corrected chi connectivity index (χ1v) is 5.05. The molecule has 0 saturated carbocycles. The minimum Gasteiger partial charge on any atom is -0.481 e. The van der Waals surface area contributed by atoms with Gasteiger partial charge in [0.1, 0.15) is 0 Å². The molecule has 5 heteroatoms. The van der Waals surface area contributed by atoms with E-state index < -0.39 is 0 Å². The normalized spacial score (nSPS) is 8.69. The second-order valence-electron chi connectivity index (χ2n) is 2.72. The molecule has 2 N–H and O–H groups in total. The zero-order chi connectivity index (χ0) is 12.2. The molecular formula is C11H18N2O3. The SMILES string of the molecule is CCOC(=O)CCN.COc1ccccn1. The molecule has 0 aliphatic heterocycles. The molecule has 16 heavy (non-hydrogen) atoms. The van der Waals surface area contributed by atoms with Crippen LogP contribution in [0.4, 0.5) is 0 Å². The summed E-state index contributed by atoms with van der Waals surface area (Å²) in [5.74, 6) is 0.447. The smallest absolute Gasteiger partial charge is 0.307 e. The molecule has 1 aromatic rings. The van der Waals surface area contributed by atoms with Gasteiger partial charge in [0.2, 0.25) is 5.88 Å². The molecule has 0 amide bonds. The number of rotatable bonds is 4. The van der Waals surface area contributed by atoms with Crippen LogP contribution in [0.3, 0.4) is 0 Å². The summed E-state index contributed by atoms with van der Waals surface area (Å²) in [6.45, 7) is 2.59. The standard InChI is InChI=1S/C6H7NO.C5H11NO2/c1-8-6-4-2-3-5-7-6;1-2-8-5(7)3-4-6/h2-5H,1H3;2-4,6H2,1H3. The number of nitrogens with two attached hydrogens (primary N) is 1. The van der Waals surface area contributed by atoms with E-state index in [2.05, 4.69) is 9.72 Å². The maximum atomic E-state index is 10.3. The number of methoxy groups -OCH3 is 1. The van der Waals surface area contributed by atoms with Crippen molar-refractivity contribution in [2.75, 3.05) is 20.3 Å². The van der Waals surface area contributed by atoms with Gasteiger partial charge in [-0.15, -0.1) is 0 Å². The molecule has 0 aliphatic carbocycles. The Bertz CT molecular complexity index is 270. The number of ether oxygens (including phenoxy) is 2. The fraction of sp³-hybridized carbons (Fsp3) is 0.455. The first kappa shape index (κ1) is 14.4. The third-order valence-corrected chi connectivity index (χ3v) is 1.50. The molecule has 0 spiro atoms. The lowest BCUT2D eigenvalue weighted by Crippen LogP contribution is -2.10. The van der Waals surface area contributed by atoms with Crippen LogP contribution in [0.1, 0.15) is 13.3 Å². The highest BCUT2D eigenvalue weighted by molar-refractivity contribution is 5.69. The van der Waals surface area contributed by atoms with Crippen LogP contribution in [0.2, 0.25) is 0 Å². The van der Waals surface area contributed by atoms with Crippen molar-refractivity contribution in [3.05, 3.63) is 24.4 Å². The minimum atomic E-state index is -0.213. The lowest BCUT2D eigenvalue weighted by Gasteiger charge is -1.96. The van der Waals surface area contributed by atoms with Crippen molar-refractivity contribution in [1.82, 2.24) is 4.98 Å². The average Bonchev–Trinajstić information content (AvgIpc) is 2.32. The molecule has 0 aromatic carbocycles. The summed E-state index contributed by atoms with van der Waals surface area (Å²) >= 11 is 0. The molecule has 0 bridgehead atoms. The lowest BCUT2D eigenvalue weighted by molar-refractivity contribution is -0.142. The molecule has 1 heterocycles. The Morgan fingerprint density at radius 3 is 2.62 bits per heavy atom. The van der Waals surface area contributed by atoms with E-state index in [1.54, 1.807) is 26.3 Å². The van der Waals surface area contributed by atoms with Crippen LogP contribution in [0.5, 0.6) is 5.88 Å². The van der Waals surface area contributed by atoms with E-state index in [0.717, 1.165) is 0 Å². The second kappa shape index (κ2) is 9.92. The Balaban J connectivity index is 0.000000281. The largest absolute Gasteiger partial charge is 0.481 e. The van der Waals surface area contributed by atoms with Gasteiger partial charge in [-0.1, -0.05) is 6.07 Å². The highest BCUT2D eigenvalue weighted by atomic mass is 16.5. The third kappa shape index (κ3) is 7.75. The van der Waals surface area contributed by atoms with Gasteiger partial charge in [0, 0.05) is 18.8 Å². The highest BCUT2D eigenvalue weighted by Gasteiger charge is 1.95. The van der Waals surface area contributed by atoms with Crippen molar-refractivity contribution in [1.29, 1.82) is 0 Å². The summed E-state index contributed by atoms with van der Waals surface area (Å²) in [7, 11) is 1.60. The van der Waals surface area contributed by atoms with Crippen LogP contribution >= 0.6 is 0 Å². The third-order valence-electron chi connectivity index (χ3n) is 1.50. The number of hydrogen-bond acceptors (Lipinski definition) is 5. The van der Waals surface area contributed by atoms with Gasteiger partial charge in [-0.05, 0) is 13.0 Å². The maximum absolute atomic E-state index is 10.3. The molecule has 0 aliphatic rings. The minimum absolute atomic E-state index is 0.213. The molecule has 0 saturated heterocycles. The molecule has 0 radical (unpaired) electrons. The van der Waals surface area contributed by atoms with Crippen LogP contribution < -0.4 is 10.5 Å². The zero-order valence-electron chi connectivity index (χ0n) is 9.68. The molecule has 90 valence electrons. The second-order valence-corrected chi connectivity index (χ2v) is 2.72. The summed E-state index contributed by atoms with van der Waals surface area (Å²) in [4.78, 5) is 14.2. The monoisotopic (exact) mass is 226 g/mol. The van der Waals surface area contributed by atoms with Gasteiger partial charge in [0.25, 0.3) is 0 Å². The Hall–Kier alpha value is -1.62. The molecule has 0 fully saturated rings. The van der Waals surface area contributed by atoms with Crippen molar-refractivity contribution in [3.63, 3.8) is 0 Å². The van der Waals surface area contributed by atoms with Gasteiger partial charge in [0.05, 0.1) is 20.1 Å². The number of esters is 1. The number of carbonyl (C=O) groups excluding carboxylic acids is 1. The van der Waals surface area contributed by atoms with Crippen molar-refractivity contribution in [3.8, 4) is 5.88 Å². The predicted molar refractivity (Wildman–Crippen MR) is 61.1 cm³/mol. The van der Waals surface area contributed by atoms with Crippen molar-refractivity contribution in [2.45, 2.75) is 13.3 Å². The van der Waals surface area contributed by atoms with E-state index in [9.17, 15) is 4.79 Å². The van der Waals surface area contributed by atoms with Crippen LogP contribution in [0.15, 0.2) is 24.4 Å². The Labute approximate surface area is 95.6 Å². The first-order chi connectivity index (χ1) is 7.74. The van der Waals surface area contributed by atoms with Crippen molar-refractivity contribution in [2.24, 2.45) is 5.73 Å². The van der Waals surface area contributed by atoms with E-state index in [-0.39, 0.29) is 5.97 Å². The van der Waals surface area contributed by atoms with Gasteiger partial charge in [0.15, 0.2) is 0 Å². The molecular weight excluding hydrogens is 208 g/mol. The first-order valence-electron chi connectivity index (χ1n) is 5.05. The quantitative estimate of drug-likeness (QED) is 0.775. The van der Waals surface area contributed by atoms with Crippen LogP contribution in [0.25, 0.3) is 0 Å². The van der Waals surface area contributed by atoms with Crippen LogP contribution in [0, 0.1) is 0 Å². The summed E-state index contributed by atoms with van der Waals surface area (Å²) in [5.41, 5.74) is 5.06. The van der Waals surface area contributed by atoms with E-state index in [0.29, 0.717) is 25.5 Å². The maximum Gasteiger partial charge on any atom is 0.307 e.